The molecule has 6 nitrogen and oxygen atoms in total. The Labute approximate surface area is 146 Å². The summed E-state index contributed by atoms with van der Waals surface area (Å²) in [5.74, 6) is -0.605. The number of halogens is 3. The van der Waals surface area contributed by atoms with Crippen LogP contribution in [0.5, 0.6) is 0 Å². The van der Waals surface area contributed by atoms with Crippen molar-refractivity contribution in [3.63, 3.8) is 0 Å². The number of carbonyl (C=O) groups excluding carboxylic acids is 1. The Balaban J connectivity index is 1.77. The van der Waals surface area contributed by atoms with Gasteiger partial charge in [-0.1, -0.05) is 30.3 Å². The molecule has 0 saturated heterocycles. The minimum Gasteiger partial charge on any atom is -0.345 e. The van der Waals surface area contributed by atoms with Crippen molar-refractivity contribution >= 4 is 5.91 Å². The van der Waals surface area contributed by atoms with Gasteiger partial charge in [0, 0.05) is 11.3 Å². The number of benzene rings is 1. The quantitative estimate of drug-likeness (QED) is 0.748. The second-order valence-electron chi connectivity index (χ2n) is 5.52. The normalized spacial score (nSPS) is 11.4. The van der Waals surface area contributed by atoms with Crippen LogP contribution in [0.1, 0.15) is 27.6 Å². The monoisotopic (exact) mass is 361 g/mol. The smallest absolute Gasteiger partial charge is 0.345 e. The highest BCUT2D eigenvalue weighted by Gasteiger charge is 2.33. The highest BCUT2D eigenvalue weighted by molar-refractivity contribution is 5.99. The third kappa shape index (κ3) is 3.88. The molecule has 0 aliphatic carbocycles. The summed E-state index contributed by atoms with van der Waals surface area (Å²) in [6.45, 7) is 1.20. The first-order valence-electron chi connectivity index (χ1n) is 7.63. The van der Waals surface area contributed by atoms with Crippen LogP contribution in [0.3, 0.4) is 0 Å². The summed E-state index contributed by atoms with van der Waals surface area (Å²) in [6, 6.07) is 9.95. The summed E-state index contributed by atoms with van der Waals surface area (Å²) in [7, 11) is 0. The van der Waals surface area contributed by atoms with Gasteiger partial charge in [0.2, 0.25) is 0 Å². The number of hydrogen-bond donors (Lipinski definition) is 2. The average molecular weight is 361 g/mol. The molecular weight excluding hydrogens is 347 g/mol. The fourth-order valence-electron chi connectivity index (χ4n) is 2.39. The lowest BCUT2D eigenvalue weighted by atomic mass is 10.1. The van der Waals surface area contributed by atoms with Crippen molar-refractivity contribution < 1.29 is 18.0 Å². The van der Waals surface area contributed by atoms with Gasteiger partial charge in [0.05, 0.1) is 24.0 Å². The third-order valence-electron chi connectivity index (χ3n) is 3.54. The number of hydrogen-bond acceptors (Lipinski definition) is 4. The summed E-state index contributed by atoms with van der Waals surface area (Å²) in [4.78, 5) is 19.8. The van der Waals surface area contributed by atoms with E-state index < -0.39 is 17.8 Å². The lowest BCUT2D eigenvalue weighted by Gasteiger charge is -2.10. The first-order chi connectivity index (χ1) is 12.3. The molecular formula is C17H14F3N5O. The van der Waals surface area contributed by atoms with Crippen LogP contribution in [0.15, 0.2) is 42.6 Å². The average Bonchev–Trinajstić information content (AvgIpc) is 3.09. The van der Waals surface area contributed by atoms with Crippen molar-refractivity contribution in [3.05, 3.63) is 65.4 Å². The van der Waals surface area contributed by atoms with Gasteiger partial charge in [0.1, 0.15) is 11.5 Å². The molecule has 26 heavy (non-hydrogen) atoms. The van der Waals surface area contributed by atoms with Crippen molar-refractivity contribution in [1.82, 2.24) is 25.5 Å². The Morgan fingerprint density at radius 1 is 1.19 bits per heavy atom. The van der Waals surface area contributed by atoms with E-state index in [9.17, 15) is 18.0 Å². The summed E-state index contributed by atoms with van der Waals surface area (Å²) in [5, 5.41) is 9.14. The van der Waals surface area contributed by atoms with E-state index in [1.54, 1.807) is 0 Å². The maximum atomic E-state index is 12.8. The molecule has 1 amide bonds. The molecule has 2 aromatic heterocycles. The van der Waals surface area contributed by atoms with Crippen LogP contribution < -0.4 is 5.32 Å². The Bertz CT molecular complexity index is 922. The lowest BCUT2D eigenvalue weighted by molar-refractivity contribution is -0.141. The first-order valence-corrected chi connectivity index (χ1v) is 7.63. The molecule has 3 aromatic rings. The molecule has 9 heteroatoms. The van der Waals surface area contributed by atoms with E-state index in [0.29, 0.717) is 5.69 Å². The van der Waals surface area contributed by atoms with Crippen molar-refractivity contribution in [2.24, 2.45) is 0 Å². The maximum absolute atomic E-state index is 12.8. The molecule has 0 atom stereocenters. The Hall–Kier alpha value is -3.23. The van der Waals surface area contributed by atoms with E-state index in [1.807, 2.05) is 30.3 Å². The zero-order chi connectivity index (χ0) is 18.7. The third-order valence-corrected chi connectivity index (χ3v) is 3.54. The Morgan fingerprint density at radius 3 is 2.62 bits per heavy atom. The molecule has 0 spiro atoms. The van der Waals surface area contributed by atoms with E-state index in [0.717, 1.165) is 11.6 Å². The van der Waals surface area contributed by atoms with Crippen LogP contribution in [0.25, 0.3) is 11.3 Å². The van der Waals surface area contributed by atoms with E-state index in [1.165, 1.54) is 13.1 Å². The lowest BCUT2D eigenvalue weighted by Crippen LogP contribution is -2.25. The Morgan fingerprint density at radius 2 is 1.92 bits per heavy atom. The summed E-state index contributed by atoms with van der Waals surface area (Å²) in [5.41, 5.74) is 0.692. The van der Waals surface area contributed by atoms with E-state index >= 15 is 0 Å². The van der Waals surface area contributed by atoms with Crippen molar-refractivity contribution in [1.29, 1.82) is 0 Å². The second-order valence-corrected chi connectivity index (χ2v) is 5.52. The highest BCUT2D eigenvalue weighted by Crippen LogP contribution is 2.27. The fraction of sp³-hybridized carbons (Fsp3) is 0.176. The predicted molar refractivity (Wildman–Crippen MR) is 87.0 cm³/mol. The van der Waals surface area contributed by atoms with Crippen LogP contribution in [0, 0.1) is 6.92 Å². The molecule has 0 unspecified atom stereocenters. The number of carbonyl (C=O) groups is 1. The number of rotatable bonds is 4. The second kappa shape index (κ2) is 6.95. The molecule has 0 radical (unpaired) electrons. The van der Waals surface area contributed by atoms with Crippen LogP contribution in [0.2, 0.25) is 0 Å². The standard InChI is InChI=1S/C17H14F3N5O/c1-10-7-13(17(18,19)20)24-14(23-10)9-21-16(26)12-8-22-25-15(12)11-5-3-2-4-6-11/h2-8H,9H2,1H3,(H,21,26)(H,22,25). The van der Waals surface area contributed by atoms with Gasteiger partial charge in [0.15, 0.2) is 0 Å². The summed E-state index contributed by atoms with van der Waals surface area (Å²) in [6.07, 6.45) is -3.21. The molecule has 134 valence electrons. The van der Waals surface area contributed by atoms with Gasteiger partial charge in [-0.15, -0.1) is 0 Å². The van der Waals surface area contributed by atoms with Gasteiger partial charge < -0.3 is 5.32 Å². The van der Waals surface area contributed by atoms with Gasteiger partial charge in [-0.05, 0) is 13.0 Å². The van der Waals surface area contributed by atoms with E-state index in [2.05, 4.69) is 25.5 Å². The number of amides is 1. The molecule has 2 N–H and O–H groups in total. The molecule has 1 aromatic carbocycles. The molecule has 0 aliphatic heterocycles. The van der Waals surface area contributed by atoms with Crippen LogP contribution in [-0.2, 0) is 12.7 Å². The number of nitrogens with one attached hydrogen (secondary N) is 2. The molecule has 0 fully saturated rings. The van der Waals surface area contributed by atoms with Gasteiger partial charge >= 0.3 is 6.18 Å². The zero-order valence-corrected chi connectivity index (χ0v) is 13.6. The Kier molecular flexibility index (Phi) is 4.70. The maximum Gasteiger partial charge on any atom is 0.433 e. The zero-order valence-electron chi connectivity index (χ0n) is 13.6. The van der Waals surface area contributed by atoms with Gasteiger partial charge in [-0.2, -0.15) is 18.3 Å². The predicted octanol–water partition coefficient (Wildman–Crippen LogP) is 3.12. The SMILES string of the molecule is Cc1cc(C(F)(F)F)nc(CNC(=O)c2cn[nH]c2-c2ccccc2)n1. The first kappa shape index (κ1) is 17.6. The topological polar surface area (TPSA) is 83.6 Å². The number of alkyl halides is 3. The van der Waals surface area contributed by atoms with Gasteiger partial charge in [-0.25, -0.2) is 9.97 Å². The largest absolute Gasteiger partial charge is 0.433 e. The van der Waals surface area contributed by atoms with Crippen LogP contribution in [0.4, 0.5) is 13.2 Å². The van der Waals surface area contributed by atoms with Crippen molar-refractivity contribution in [2.45, 2.75) is 19.6 Å². The van der Waals surface area contributed by atoms with Gasteiger partial charge in [-0.3, -0.25) is 9.89 Å². The van der Waals surface area contributed by atoms with E-state index in [-0.39, 0.29) is 23.6 Å². The summed E-state index contributed by atoms with van der Waals surface area (Å²) < 4.78 is 38.5. The fourth-order valence-corrected chi connectivity index (χ4v) is 2.39. The van der Waals surface area contributed by atoms with Crippen LogP contribution in [-0.4, -0.2) is 26.1 Å². The highest BCUT2D eigenvalue weighted by atomic mass is 19.4. The molecule has 0 aliphatic rings. The molecule has 0 bridgehead atoms. The number of nitrogens with zero attached hydrogens (tertiary/aromatic N) is 3. The molecule has 2 heterocycles. The van der Waals surface area contributed by atoms with Crippen LogP contribution >= 0.6 is 0 Å². The number of aryl methyl sites for hydroxylation is 1. The van der Waals surface area contributed by atoms with Gasteiger partial charge in [0.25, 0.3) is 5.91 Å². The summed E-state index contributed by atoms with van der Waals surface area (Å²) >= 11 is 0. The minimum atomic E-state index is -4.57. The molecule has 0 saturated carbocycles. The number of aromatic nitrogens is 4. The van der Waals surface area contributed by atoms with E-state index in [4.69, 9.17) is 0 Å². The minimum absolute atomic E-state index is 0.115. The van der Waals surface area contributed by atoms with Crippen molar-refractivity contribution in [2.75, 3.05) is 0 Å². The number of H-pyrrole nitrogens is 1. The number of aromatic amines is 1. The van der Waals surface area contributed by atoms with Crippen molar-refractivity contribution in [3.8, 4) is 11.3 Å². The molecule has 3 rings (SSSR count).